The first-order valence-corrected chi connectivity index (χ1v) is 10.1. The summed E-state index contributed by atoms with van der Waals surface area (Å²) in [6.45, 7) is 2.04. The maximum atomic E-state index is 10.3. The van der Waals surface area contributed by atoms with E-state index in [0.29, 0.717) is 22.8 Å². The van der Waals surface area contributed by atoms with Crippen molar-refractivity contribution in [2.75, 3.05) is 5.32 Å². The van der Waals surface area contributed by atoms with Crippen molar-refractivity contribution in [3.05, 3.63) is 89.7 Å². The number of hydrogen-bond donors (Lipinski definition) is 2. The maximum Gasteiger partial charge on any atom is 0.302 e. The summed E-state index contributed by atoms with van der Waals surface area (Å²) in [5.41, 5.74) is 4.09. The summed E-state index contributed by atoms with van der Waals surface area (Å²) in [6.07, 6.45) is 3.76. The molecular formula is C25H19N5O2. The number of para-hydroxylation sites is 3. The van der Waals surface area contributed by atoms with Crippen LogP contribution in [0.3, 0.4) is 0 Å². The van der Waals surface area contributed by atoms with Gasteiger partial charge in [0.25, 0.3) is 0 Å². The monoisotopic (exact) mass is 421 g/mol. The largest absolute Gasteiger partial charge is 0.507 e. The number of aromatic hydroxyl groups is 1. The molecule has 156 valence electrons. The Morgan fingerprint density at radius 1 is 0.812 bits per heavy atom. The van der Waals surface area contributed by atoms with Crippen LogP contribution in [0.25, 0.3) is 34.6 Å². The molecule has 0 spiro atoms. The molecule has 3 aromatic carbocycles. The van der Waals surface area contributed by atoms with Gasteiger partial charge in [-0.05, 0) is 48.4 Å². The highest BCUT2D eigenvalue weighted by Gasteiger charge is 2.13. The molecule has 2 heterocycles. The van der Waals surface area contributed by atoms with Crippen molar-refractivity contribution < 1.29 is 9.52 Å². The lowest BCUT2D eigenvalue weighted by Crippen LogP contribution is -2.03. The second-order valence-electron chi connectivity index (χ2n) is 7.16. The number of aryl methyl sites for hydroxylation is 1. The molecule has 0 atom stereocenters. The Kier molecular flexibility index (Phi) is 5.05. The van der Waals surface area contributed by atoms with E-state index in [-0.39, 0.29) is 17.7 Å². The number of anilines is 2. The fourth-order valence-corrected chi connectivity index (χ4v) is 3.27. The van der Waals surface area contributed by atoms with Gasteiger partial charge in [-0.25, -0.2) is 4.98 Å². The average molecular weight is 421 g/mol. The molecule has 0 amide bonds. The van der Waals surface area contributed by atoms with Crippen molar-refractivity contribution in [1.29, 1.82) is 0 Å². The van der Waals surface area contributed by atoms with Gasteiger partial charge in [0, 0.05) is 0 Å². The molecule has 5 aromatic rings. The second kappa shape index (κ2) is 8.31. The van der Waals surface area contributed by atoms with Gasteiger partial charge in [-0.1, -0.05) is 54.6 Å². The molecule has 2 N–H and O–H groups in total. The van der Waals surface area contributed by atoms with Crippen LogP contribution in [-0.4, -0.2) is 25.0 Å². The number of rotatable bonds is 5. The SMILES string of the molecule is Cc1ccccc1/C=C/c1nc(Nc2nc3ccccc3o2)nc(-c2ccccc2O)n1. The van der Waals surface area contributed by atoms with E-state index in [0.717, 1.165) is 16.6 Å². The minimum Gasteiger partial charge on any atom is -0.507 e. The normalized spacial score (nSPS) is 11.3. The Bertz CT molecular complexity index is 1410. The molecule has 0 bridgehead atoms. The lowest BCUT2D eigenvalue weighted by Gasteiger charge is -2.07. The third-order valence-electron chi connectivity index (χ3n) is 4.91. The number of hydrogen-bond acceptors (Lipinski definition) is 7. The number of aromatic nitrogens is 4. The first kappa shape index (κ1) is 19.4. The number of phenolic OH excluding ortho intramolecular Hbond substituents is 1. The number of nitrogens with one attached hydrogen (secondary N) is 1. The summed E-state index contributed by atoms with van der Waals surface area (Å²) in [7, 11) is 0. The summed E-state index contributed by atoms with van der Waals surface area (Å²) in [6, 6.07) is 22.7. The highest BCUT2D eigenvalue weighted by Crippen LogP contribution is 2.27. The number of benzene rings is 3. The minimum atomic E-state index is 0.0837. The fourth-order valence-electron chi connectivity index (χ4n) is 3.27. The van der Waals surface area contributed by atoms with Gasteiger partial charge in [-0.2, -0.15) is 15.0 Å². The van der Waals surface area contributed by atoms with Crippen LogP contribution in [0.1, 0.15) is 17.0 Å². The summed E-state index contributed by atoms with van der Waals surface area (Å²) >= 11 is 0. The van der Waals surface area contributed by atoms with Crippen LogP contribution in [0.15, 0.2) is 77.2 Å². The molecular weight excluding hydrogens is 402 g/mol. The Labute approximate surface area is 184 Å². The van der Waals surface area contributed by atoms with Crippen LogP contribution in [0.4, 0.5) is 12.0 Å². The van der Waals surface area contributed by atoms with Gasteiger partial charge in [0.2, 0.25) is 5.95 Å². The van der Waals surface area contributed by atoms with Crippen LogP contribution in [0, 0.1) is 6.92 Å². The highest BCUT2D eigenvalue weighted by molar-refractivity contribution is 5.75. The smallest absolute Gasteiger partial charge is 0.302 e. The van der Waals surface area contributed by atoms with E-state index in [4.69, 9.17) is 4.42 Å². The molecule has 0 saturated heterocycles. The number of oxazole rings is 1. The van der Waals surface area contributed by atoms with Crippen molar-refractivity contribution in [1.82, 2.24) is 19.9 Å². The molecule has 0 aliphatic rings. The van der Waals surface area contributed by atoms with Gasteiger partial charge >= 0.3 is 6.01 Å². The molecule has 7 nitrogen and oxygen atoms in total. The predicted octanol–water partition coefficient (Wildman–Crippen LogP) is 5.61. The van der Waals surface area contributed by atoms with E-state index in [9.17, 15) is 5.11 Å². The highest BCUT2D eigenvalue weighted by atomic mass is 16.4. The quantitative estimate of drug-likeness (QED) is 0.381. The van der Waals surface area contributed by atoms with Crippen LogP contribution >= 0.6 is 0 Å². The van der Waals surface area contributed by atoms with E-state index < -0.39 is 0 Å². The molecule has 0 unspecified atom stereocenters. The van der Waals surface area contributed by atoms with Crippen LogP contribution in [-0.2, 0) is 0 Å². The minimum absolute atomic E-state index is 0.0837. The first-order chi connectivity index (χ1) is 15.7. The van der Waals surface area contributed by atoms with Crippen LogP contribution in [0.2, 0.25) is 0 Å². The number of phenols is 1. The molecule has 0 aliphatic carbocycles. The molecule has 32 heavy (non-hydrogen) atoms. The summed E-state index contributed by atoms with van der Waals surface area (Å²) in [5.74, 6) is 1.11. The number of fused-ring (bicyclic) bond motifs is 1. The van der Waals surface area contributed by atoms with Crippen LogP contribution < -0.4 is 5.32 Å². The van der Waals surface area contributed by atoms with Crippen molar-refractivity contribution in [3.8, 4) is 17.1 Å². The van der Waals surface area contributed by atoms with E-state index >= 15 is 0 Å². The molecule has 5 rings (SSSR count). The average Bonchev–Trinajstić information content (AvgIpc) is 3.21. The third kappa shape index (κ3) is 4.04. The van der Waals surface area contributed by atoms with E-state index in [2.05, 4.69) is 25.3 Å². The van der Waals surface area contributed by atoms with Crippen molar-refractivity contribution >= 4 is 35.2 Å². The second-order valence-corrected chi connectivity index (χ2v) is 7.16. The fraction of sp³-hybridized carbons (Fsp3) is 0.0400. The third-order valence-corrected chi connectivity index (χ3v) is 4.91. The lowest BCUT2D eigenvalue weighted by molar-refractivity contribution is 0.477. The Balaban J connectivity index is 1.56. The topological polar surface area (TPSA) is 97.0 Å². The van der Waals surface area contributed by atoms with E-state index in [1.54, 1.807) is 18.2 Å². The van der Waals surface area contributed by atoms with Gasteiger partial charge in [0.1, 0.15) is 11.3 Å². The molecule has 0 aliphatic heterocycles. The Morgan fingerprint density at radius 3 is 2.44 bits per heavy atom. The molecule has 7 heteroatoms. The zero-order valence-electron chi connectivity index (χ0n) is 17.2. The van der Waals surface area contributed by atoms with Gasteiger partial charge in [-0.15, -0.1) is 0 Å². The van der Waals surface area contributed by atoms with Crippen molar-refractivity contribution in [3.63, 3.8) is 0 Å². The van der Waals surface area contributed by atoms with Crippen molar-refractivity contribution in [2.24, 2.45) is 0 Å². The summed E-state index contributed by atoms with van der Waals surface area (Å²) < 4.78 is 5.74. The Hall–Kier alpha value is -4.52. The van der Waals surface area contributed by atoms with Gasteiger partial charge < -0.3 is 9.52 Å². The zero-order valence-corrected chi connectivity index (χ0v) is 17.2. The van der Waals surface area contributed by atoms with E-state index in [1.165, 1.54) is 0 Å². The maximum absolute atomic E-state index is 10.3. The first-order valence-electron chi connectivity index (χ1n) is 10.1. The predicted molar refractivity (Wildman–Crippen MR) is 124 cm³/mol. The molecule has 0 radical (unpaired) electrons. The number of nitrogens with zero attached hydrogens (tertiary/aromatic N) is 4. The van der Waals surface area contributed by atoms with Gasteiger partial charge in [0.05, 0.1) is 5.56 Å². The summed E-state index contributed by atoms with van der Waals surface area (Å²) in [4.78, 5) is 17.9. The van der Waals surface area contributed by atoms with Gasteiger partial charge in [0.15, 0.2) is 17.2 Å². The van der Waals surface area contributed by atoms with Crippen molar-refractivity contribution in [2.45, 2.75) is 6.92 Å². The van der Waals surface area contributed by atoms with E-state index in [1.807, 2.05) is 73.7 Å². The standard InChI is InChI=1S/C25H19N5O2/c1-16-8-2-3-9-17(16)14-15-22-27-23(18-10-4-6-12-20(18)31)29-24(28-22)30-25-26-19-11-5-7-13-21(19)32-25/h2-15,31H,1H3,(H,26,27,28,29,30)/b15-14+. The van der Waals surface area contributed by atoms with Gasteiger partial charge in [-0.3, -0.25) is 5.32 Å². The molecule has 0 fully saturated rings. The lowest BCUT2D eigenvalue weighted by atomic mass is 10.1. The Morgan fingerprint density at radius 2 is 1.59 bits per heavy atom. The molecule has 2 aromatic heterocycles. The summed E-state index contributed by atoms with van der Waals surface area (Å²) in [5, 5.41) is 13.3. The van der Waals surface area contributed by atoms with Crippen LogP contribution in [0.5, 0.6) is 5.75 Å². The molecule has 0 saturated carbocycles. The zero-order chi connectivity index (χ0) is 21.9.